The minimum absolute atomic E-state index is 0.237. The number of anilines is 4. The van der Waals surface area contributed by atoms with Crippen LogP contribution in [0.4, 0.5) is 23.1 Å². The Morgan fingerprint density at radius 1 is 1.30 bits per heavy atom. The van der Waals surface area contributed by atoms with E-state index in [-0.39, 0.29) is 6.04 Å². The van der Waals surface area contributed by atoms with Crippen LogP contribution >= 0.6 is 11.6 Å². The second-order valence-electron chi connectivity index (χ2n) is 7.05. The van der Waals surface area contributed by atoms with Crippen molar-refractivity contribution in [2.75, 3.05) is 29.5 Å². The molecule has 0 radical (unpaired) electrons. The van der Waals surface area contributed by atoms with Gasteiger partial charge < -0.3 is 26.3 Å². The van der Waals surface area contributed by atoms with E-state index in [1.807, 2.05) is 10.6 Å². The average Bonchev–Trinajstić information content (AvgIpc) is 3.23. The van der Waals surface area contributed by atoms with E-state index in [9.17, 15) is 0 Å². The summed E-state index contributed by atoms with van der Waals surface area (Å²) in [4.78, 5) is 13.9. The van der Waals surface area contributed by atoms with Crippen molar-refractivity contribution in [3.8, 4) is 0 Å². The number of nitrogens with two attached hydrogens (primary N) is 1. The van der Waals surface area contributed by atoms with Gasteiger partial charge in [0.2, 0.25) is 5.95 Å². The third-order valence-corrected chi connectivity index (χ3v) is 4.77. The molecule has 0 saturated carbocycles. The van der Waals surface area contributed by atoms with Gasteiger partial charge in [-0.2, -0.15) is 9.97 Å². The molecule has 8 nitrogen and oxygen atoms in total. The lowest BCUT2D eigenvalue weighted by Crippen LogP contribution is -2.23. The van der Waals surface area contributed by atoms with Gasteiger partial charge in [0.1, 0.15) is 0 Å². The van der Waals surface area contributed by atoms with Gasteiger partial charge in [-0.25, -0.2) is 4.98 Å². The second-order valence-corrected chi connectivity index (χ2v) is 7.48. The molecule has 0 aliphatic carbocycles. The number of fused-ring (bicyclic) bond motifs is 1. The molecule has 0 bridgehead atoms. The number of aromatic nitrogens is 4. The zero-order valence-corrected chi connectivity index (χ0v) is 16.1. The summed E-state index contributed by atoms with van der Waals surface area (Å²) in [7, 11) is 0. The predicted octanol–water partition coefficient (Wildman–Crippen LogP) is 3.16. The van der Waals surface area contributed by atoms with Crippen LogP contribution in [0.25, 0.3) is 11.2 Å². The minimum atomic E-state index is 0.237. The third kappa shape index (κ3) is 3.77. The molecule has 2 aromatic heterocycles. The van der Waals surface area contributed by atoms with Gasteiger partial charge in [0.25, 0.3) is 0 Å². The fraction of sp³-hybridized carbons (Fsp3) is 0.389. The Kier molecular flexibility index (Phi) is 4.75. The summed E-state index contributed by atoms with van der Waals surface area (Å²) in [5.74, 6) is 1.20. The summed E-state index contributed by atoms with van der Waals surface area (Å²) in [5, 5.41) is 10.6. The van der Waals surface area contributed by atoms with E-state index >= 15 is 0 Å². The molecular weight excluding hydrogens is 364 g/mol. The Morgan fingerprint density at radius 2 is 2.15 bits per heavy atom. The highest BCUT2D eigenvalue weighted by Gasteiger charge is 2.19. The maximum absolute atomic E-state index is 6.13. The normalized spacial score (nSPS) is 17.0. The van der Waals surface area contributed by atoms with E-state index in [0.29, 0.717) is 34.0 Å². The van der Waals surface area contributed by atoms with E-state index < -0.39 is 0 Å². The molecule has 0 amide bonds. The Balaban J connectivity index is 1.76. The SMILES string of the molecule is CC(C)n1cnc2c(Nc3cc(N)cc(Cl)c3)nc(N[C@H]3CCNC3)nc21. The van der Waals surface area contributed by atoms with Crippen LogP contribution in [0.1, 0.15) is 26.3 Å². The van der Waals surface area contributed by atoms with Crippen LogP contribution in [-0.4, -0.2) is 38.7 Å². The molecule has 1 aliphatic heterocycles. The Labute approximate surface area is 162 Å². The van der Waals surface area contributed by atoms with Crippen molar-refractivity contribution < 1.29 is 0 Å². The smallest absolute Gasteiger partial charge is 0.227 e. The van der Waals surface area contributed by atoms with Crippen LogP contribution in [-0.2, 0) is 0 Å². The van der Waals surface area contributed by atoms with E-state index in [1.54, 1.807) is 18.5 Å². The fourth-order valence-electron chi connectivity index (χ4n) is 3.23. The quantitative estimate of drug-likeness (QED) is 0.499. The van der Waals surface area contributed by atoms with Crippen molar-refractivity contribution in [2.24, 2.45) is 0 Å². The fourth-order valence-corrected chi connectivity index (χ4v) is 3.47. The molecule has 1 atom stereocenters. The van der Waals surface area contributed by atoms with Crippen molar-refractivity contribution in [3.63, 3.8) is 0 Å². The number of benzene rings is 1. The molecule has 9 heteroatoms. The van der Waals surface area contributed by atoms with Crippen LogP contribution in [0, 0.1) is 0 Å². The van der Waals surface area contributed by atoms with Gasteiger partial charge in [0.15, 0.2) is 17.0 Å². The van der Waals surface area contributed by atoms with Crippen molar-refractivity contribution in [1.82, 2.24) is 24.8 Å². The summed E-state index contributed by atoms with van der Waals surface area (Å²) in [6.07, 6.45) is 2.83. The van der Waals surface area contributed by atoms with Gasteiger partial charge in [-0.05, 0) is 45.0 Å². The number of nitrogens with one attached hydrogen (secondary N) is 3. The summed E-state index contributed by atoms with van der Waals surface area (Å²) in [6.45, 7) is 6.10. The van der Waals surface area contributed by atoms with E-state index in [4.69, 9.17) is 22.3 Å². The molecule has 0 spiro atoms. The Morgan fingerprint density at radius 3 is 2.85 bits per heavy atom. The lowest BCUT2D eigenvalue weighted by Gasteiger charge is -2.15. The summed E-state index contributed by atoms with van der Waals surface area (Å²) in [6, 6.07) is 5.87. The van der Waals surface area contributed by atoms with E-state index in [0.717, 1.165) is 30.8 Å². The first kappa shape index (κ1) is 17.8. The number of nitrogens with zero attached hydrogens (tertiary/aromatic N) is 4. The Bertz CT molecular complexity index is 941. The zero-order chi connectivity index (χ0) is 19.0. The Hall–Kier alpha value is -2.58. The number of rotatable bonds is 5. The molecule has 1 aliphatic rings. The zero-order valence-electron chi connectivity index (χ0n) is 15.3. The molecule has 0 unspecified atom stereocenters. The first-order chi connectivity index (χ1) is 13.0. The number of halogens is 1. The van der Waals surface area contributed by atoms with Crippen LogP contribution < -0.4 is 21.7 Å². The predicted molar refractivity (Wildman–Crippen MR) is 110 cm³/mol. The lowest BCUT2D eigenvalue weighted by atomic mass is 10.2. The molecule has 5 N–H and O–H groups in total. The average molecular weight is 387 g/mol. The van der Waals surface area contributed by atoms with Gasteiger partial charge in [-0.3, -0.25) is 0 Å². The first-order valence-electron chi connectivity index (χ1n) is 9.04. The second kappa shape index (κ2) is 7.21. The maximum atomic E-state index is 6.13. The van der Waals surface area contributed by atoms with Gasteiger partial charge in [0, 0.05) is 35.0 Å². The molecule has 1 fully saturated rings. The van der Waals surface area contributed by atoms with Crippen molar-refractivity contribution >= 4 is 45.9 Å². The maximum Gasteiger partial charge on any atom is 0.227 e. The van der Waals surface area contributed by atoms with Crippen molar-refractivity contribution in [3.05, 3.63) is 29.5 Å². The number of imidazole rings is 1. The number of nitrogen functional groups attached to an aromatic ring is 1. The van der Waals surface area contributed by atoms with Gasteiger partial charge >= 0.3 is 0 Å². The number of hydrogen-bond acceptors (Lipinski definition) is 7. The molecule has 4 rings (SSSR count). The number of hydrogen-bond donors (Lipinski definition) is 4. The van der Waals surface area contributed by atoms with Gasteiger partial charge in [-0.1, -0.05) is 11.6 Å². The largest absolute Gasteiger partial charge is 0.399 e. The van der Waals surface area contributed by atoms with Crippen molar-refractivity contribution in [2.45, 2.75) is 32.4 Å². The molecule has 1 saturated heterocycles. The van der Waals surface area contributed by atoms with Crippen molar-refractivity contribution in [1.29, 1.82) is 0 Å². The third-order valence-electron chi connectivity index (χ3n) is 4.55. The van der Waals surface area contributed by atoms with Gasteiger partial charge in [0.05, 0.1) is 6.33 Å². The molecule has 142 valence electrons. The summed E-state index contributed by atoms with van der Waals surface area (Å²) < 4.78 is 2.03. The minimum Gasteiger partial charge on any atom is -0.399 e. The molecule has 27 heavy (non-hydrogen) atoms. The highest BCUT2D eigenvalue weighted by molar-refractivity contribution is 6.31. The highest BCUT2D eigenvalue weighted by Crippen LogP contribution is 2.28. The van der Waals surface area contributed by atoms with Crippen LogP contribution in [0.15, 0.2) is 24.5 Å². The standard InChI is InChI=1S/C18H23ClN8/c1-10(2)27-9-22-15-16(23-14-6-11(19)5-12(20)7-14)25-18(26-17(15)27)24-13-3-4-21-8-13/h5-7,9-10,13,21H,3-4,8,20H2,1-2H3,(H2,23,24,25,26)/t13-/m0/s1. The monoisotopic (exact) mass is 386 g/mol. The summed E-state index contributed by atoms with van der Waals surface area (Å²) in [5.41, 5.74) is 8.74. The van der Waals surface area contributed by atoms with Crippen LogP contribution in [0.3, 0.4) is 0 Å². The lowest BCUT2D eigenvalue weighted by molar-refractivity contribution is 0.612. The molecule has 1 aromatic carbocycles. The van der Waals surface area contributed by atoms with E-state index in [1.165, 1.54) is 0 Å². The first-order valence-corrected chi connectivity index (χ1v) is 9.42. The molecule has 3 heterocycles. The molecule has 3 aromatic rings. The summed E-state index contributed by atoms with van der Waals surface area (Å²) >= 11 is 6.13. The van der Waals surface area contributed by atoms with Crippen LogP contribution in [0.2, 0.25) is 5.02 Å². The topological polar surface area (TPSA) is 106 Å². The highest BCUT2D eigenvalue weighted by atomic mass is 35.5. The molecular formula is C18H23ClN8. The van der Waals surface area contributed by atoms with Gasteiger partial charge in [-0.15, -0.1) is 0 Å². The van der Waals surface area contributed by atoms with E-state index in [2.05, 4.69) is 39.8 Å². The van der Waals surface area contributed by atoms with Crippen LogP contribution in [0.5, 0.6) is 0 Å².